The molecule has 15 heteroatoms. The fourth-order valence-electron chi connectivity index (χ4n) is 5.20. The SMILES string of the molecule is COc1ccc(C2CC(=O)c3c(O)cc(O[C@@H]4O[C@H](CO[C@@H]5O[C@H](C)[C@@H](O)[C@@H](O)[C@H]5O)[C@@H](O)[C@@H](O)[C@H]4O)cc3O2)cc1O. The van der Waals surface area contributed by atoms with Gasteiger partial charge in [0.2, 0.25) is 6.29 Å². The highest BCUT2D eigenvalue weighted by molar-refractivity contribution is 6.02. The molecule has 5 rings (SSSR count). The molecule has 0 amide bonds. The van der Waals surface area contributed by atoms with Gasteiger partial charge in [-0.15, -0.1) is 0 Å². The van der Waals surface area contributed by atoms with Crippen LogP contribution in [0.3, 0.4) is 0 Å². The minimum Gasteiger partial charge on any atom is -0.507 e. The van der Waals surface area contributed by atoms with Crippen LogP contribution < -0.4 is 14.2 Å². The fourth-order valence-corrected chi connectivity index (χ4v) is 5.20. The van der Waals surface area contributed by atoms with E-state index in [-0.39, 0.29) is 35.0 Å². The molecule has 0 aromatic heterocycles. The van der Waals surface area contributed by atoms with E-state index in [4.69, 9.17) is 28.4 Å². The maximum atomic E-state index is 12.9. The van der Waals surface area contributed by atoms with Crippen LogP contribution in [0, 0.1) is 0 Å². The molecular formula is C28H34O15. The third kappa shape index (κ3) is 6.08. The monoisotopic (exact) mass is 610 g/mol. The summed E-state index contributed by atoms with van der Waals surface area (Å²) in [6.07, 6.45) is -15.9. The van der Waals surface area contributed by atoms with Gasteiger partial charge in [-0.2, -0.15) is 0 Å². The Morgan fingerprint density at radius 1 is 0.837 bits per heavy atom. The zero-order valence-corrected chi connectivity index (χ0v) is 23.1. The van der Waals surface area contributed by atoms with Crippen molar-refractivity contribution in [2.24, 2.45) is 0 Å². The largest absolute Gasteiger partial charge is 0.507 e. The second-order valence-electron chi connectivity index (χ2n) is 10.6. The number of hydrogen-bond donors (Lipinski definition) is 8. The minimum absolute atomic E-state index is 0.0457. The predicted octanol–water partition coefficient (Wildman–Crippen LogP) is -1.16. The van der Waals surface area contributed by atoms with Crippen molar-refractivity contribution in [1.82, 2.24) is 0 Å². The smallest absolute Gasteiger partial charge is 0.229 e. The van der Waals surface area contributed by atoms with Crippen LogP contribution in [0.4, 0.5) is 0 Å². The number of carbonyl (C=O) groups excluding carboxylic acids is 1. The molecule has 15 nitrogen and oxygen atoms in total. The van der Waals surface area contributed by atoms with Gasteiger partial charge in [0.15, 0.2) is 23.6 Å². The number of phenols is 2. The van der Waals surface area contributed by atoms with Crippen molar-refractivity contribution in [3.8, 4) is 28.7 Å². The molecule has 1 unspecified atom stereocenters. The van der Waals surface area contributed by atoms with Crippen LogP contribution in [0.2, 0.25) is 0 Å². The standard InChI is InChI=1S/C28H34O15/c1-10-21(32)23(34)25(36)27(40-10)39-9-19-22(33)24(35)26(37)28(43-19)41-12-6-14(30)20-15(31)8-17(42-18(20)7-12)11-3-4-16(38-2)13(29)5-11/h3-7,10,17,19,21-30,32-37H,8-9H2,1-2H3/t10-,17?,19-,21-,22-,23-,24-,25-,26-,27-,28-/m1/s1. The summed E-state index contributed by atoms with van der Waals surface area (Å²) in [4.78, 5) is 12.9. The zero-order valence-electron chi connectivity index (χ0n) is 23.1. The van der Waals surface area contributed by atoms with Crippen LogP contribution in [0.5, 0.6) is 28.7 Å². The molecule has 3 aliphatic rings. The lowest BCUT2D eigenvalue weighted by molar-refractivity contribution is -0.318. The maximum absolute atomic E-state index is 12.9. The van der Waals surface area contributed by atoms with Crippen molar-refractivity contribution in [2.45, 2.75) is 80.9 Å². The van der Waals surface area contributed by atoms with Crippen LogP contribution in [0.15, 0.2) is 30.3 Å². The summed E-state index contributed by atoms with van der Waals surface area (Å²) in [6, 6.07) is 6.90. The highest BCUT2D eigenvalue weighted by Gasteiger charge is 2.47. The van der Waals surface area contributed by atoms with E-state index < -0.39 is 85.7 Å². The van der Waals surface area contributed by atoms with E-state index >= 15 is 0 Å². The third-order valence-corrected chi connectivity index (χ3v) is 7.70. The van der Waals surface area contributed by atoms with Crippen LogP contribution in [0.1, 0.15) is 35.4 Å². The highest BCUT2D eigenvalue weighted by atomic mass is 16.7. The van der Waals surface area contributed by atoms with Crippen LogP contribution in [0.25, 0.3) is 0 Å². The molecule has 2 aromatic rings. The average Bonchev–Trinajstić information content (AvgIpc) is 2.97. The number of ketones is 1. The van der Waals surface area contributed by atoms with Gasteiger partial charge in [0.05, 0.1) is 26.2 Å². The number of aliphatic hydroxyl groups excluding tert-OH is 6. The minimum atomic E-state index is -1.77. The number of aliphatic hydroxyl groups is 6. The number of hydrogen-bond acceptors (Lipinski definition) is 15. The molecule has 43 heavy (non-hydrogen) atoms. The maximum Gasteiger partial charge on any atom is 0.229 e. The first-order chi connectivity index (χ1) is 20.4. The number of carbonyl (C=O) groups is 1. The molecule has 0 saturated carbocycles. The molecule has 0 aliphatic carbocycles. The molecule has 0 radical (unpaired) electrons. The Morgan fingerprint density at radius 2 is 1.53 bits per heavy atom. The topological polar surface area (TPSA) is 234 Å². The number of aromatic hydroxyl groups is 2. The summed E-state index contributed by atoms with van der Waals surface area (Å²) in [5, 5.41) is 82.2. The molecule has 236 valence electrons. The number of ether oxygens (including phenoxy) is 6. The van der Waals surface area contributed by atoms with Crippen molar-refractivity contribution >= 4 is 5.78 Å². The first kappa shape index (κ1) is 31.2. The number of fused-ring (bicyclic) bond motifs is 1. The Kier molecular flexibility index (Phi) is 8.99. The molecular weight excluding hydrogens is 576 g/mol. The molecule has 0 bridgehead atoms. The van der Waals surface area contributed by atoms with E-state index in [0.29, 0.717) is 5.56 Å². The Labute approximate surface area is 245 Å². The zero-order chi connectivity index (χ0) is 31.2. The van der Waals surface area contributed by atoms with E-state index in [1.807, 2.05) is 0 Å². The third-order valence-electron chi connectivity index (χ3n) is 7.70. The van der Waals surface area contributed by atoms with Crippen molar-refractivity contribution in [3.05, 3.63) is 41.5 Å². The quantitative estimate of drug-likeness (QED) is 0.185. The van der Waals surface area contributed by atoms with Crippen LogP contribution in [-0.4, -0.2) is 122 Å². The molecule has 2 aromatic carbocycles. The van der Waals surface area contributed by atoms with Gasteiger partial charge < -0.3 is 69.3 Å². The number of Topliss-reactive ketones (excluding diaryl/α,β-unsaturated/α-hetero) is 1. The van der Waals surface area contributed by atoms with Crippen LogP contribution in [-0.2, 0) is 14.2 Å². The van der Waals surface area contributed by atoms with Gasteiger partial charge in [0, 0.05) is 12.1 Å². The number of rotatable bonds is 7. The first-order valence-corrected chi connectivity index (χ1v) is 13.5. The van der Waals surface area contributed by atoms with E-state index in [9.17, 15) is 45.6 Å². The summed E-state index contributed by atoms with van der Waals surface area (Å²) < 4.78 is 33.1. The second-order valence-corrected chi connectivity index (χ2v) is 10.6. The number of phenolic OH excluding ortho intramolecular Hbond substituents is 2. The van der Waals surface area contributed by atoms with Crippen molar-refractivity contribution < 1.29 is 74.1 Å². The van der Waals surface area contributed by atoms with Crippen molar-refractivity contribution in [1.29, 1.82) is 0 Å². The Bertz CT molecular complexity index is 1320. The van der Waals surface area contributed by atoms with Gasteiger partial charge in [-0.3, -0.25) is 4.79 Å². The summed E-state index contributed by atoms with van der Waals surface area (Å²) in [7, 11) is 1.39. The molecule has 2 saturated heterocycles. The highest BCUT2D eigenvalue weighted by Crippen LogP contribution is 2.43. The van der Waals surface area contributed by atoms with E-state index in [0.717, 1.165) is 6.07 Å². The molecule has 8 N–H and O–H groups in total. The Hall–Kier alpha value is -3.25. The fraction of sp³-hybridized carbons (Fsp3) is 0.536. The van der Waals surface area contributed by atoms with E-state index in [1.165, 1.54) is 32.2 Å². The molecule has 3 heterocycles. The van der Waals surface area contributed by atoms with Gasteiger partial charge in [0.25, 0.3) is 0 Å². The lowest BCUT2D eigenvalue weighted by Gasteiger charge is -2.42. The summed E-state index contributed by atoms with van der Waals surface area (Å²) in [6.45, 7) is 0.964. The summed E-state index contributed by atoms with van der Waals surface area (Å²) in [5.74, 6) is -0.999. The second kappa shape index (κ2) is 12.4. The van der Waals surface area contributed by atoms with Crippen molar-refractivity contribution in [3.63, 3.8) is 0 Å². The van der Waals surface area contributed by atoms with E-state index in [1.54, 1.807) is 6.07 Å². The van der Waals surface area contributed by atoms with Gasteiger partial charge >= 0.3 is 0 Å². The van der Waals surface area contributed by atoms with Crippen molar-refractivity contribution in [2.75, 3.05) is 13.7 Å². The lowest BCUT2D eigenvalue weighted by Crippen LogP contribution is -2.61. The lowest BCUT2D eigenvalue weighted by atomic mass is 9.95. The predicted molar refractivity (Wildman–Crippen MR) is 141 cm³/mol. The Morgan fingerprint density at radius 3 is 2.23 bits per heavy atom. The summed E-state index contributed by atoms with van der Waals surface area (Å²) in [5.41, 5.74) is 0.373. The number of benzene rings is 2. The molecule has 0 spiro atoms. The number of methoxy groups -OCH3 is 1. The van der Waals surface area contributed by atoms with Gasteiger partial charge in [-0.1, -0.05) is 6.07 Å². The average molecular weight is 611 g/mol. The first-order valence-electron chi connectivity index (χ1n) is 13.5. The molecule has 3 aliphatic heterocycles. The summed E-state index contributed by atoms with van der Waals surface area (Å²) >= 11 is 0. The van der Waals surface area contributed by atoms with E-state index in [2.05, 4.69) is 0 Å². The van der Waals surface area contributed by atoms with Gasteiger partial charge in [-0.25, -0.2) is 0 Å². The normalized spacial score (nSPS) is 36.0. The van der Waals surface area contributed by atoms with Crippen LogP contribution >= 0.6 is 0 Å². The van der Waals surface area contributed by atoms with Gasteiger partial charge in [0.1, 0.15) is 71.6 Å². The van der Waals surface area contributed by atoms with Gasteiger partial charge in [-0.05, 0) is 24.6 Å². The Balaban J connectivity index is 1.30. The molecule has 2 fully saturated rings. The molecule has 11 atom stereocenters.